The SMILES string of the molecule is Cc1cc(C)cc(CC(O)(c2ccccc2)C(C)CN(C)C)c1. The molecule has 0 aliphatic carbocycles. The van der Waals surface area contributed by atoms with Gasteiger partial charge in [-0.1, -0.05) is 66.6 Å². The van der Waals surface area contributed by atoms with Crippen molar-refractivity contribution < 1.29 is 5.11 Å². The van der Waals surface area contributed by atoms with Crippen LogP contribution in [-0.4, -0.2) is 30.6 Å². The third-order valence-electron chi connectivity index (χ3n) is 4.48. The second-order valence-electron chi connectivity index (χ2n) is 7.13. The van der Waals surface area contributed by atoms with Gasteiger partial charge in [0.2, 0.25) is 0 Å². The molecule has 2 heteroatoms. The van der Waals surface area contributed by atoms with Gasteiger partial charge in [-0.15, -0.1) is 0 Å². The van der Waals surface area contributed by atoms with Gasteiger partial charge in [0.15, 0.2) is 0 Å². The Hall–Kier alpha value is -1.64. The van der Waals surface area contributed by atoms with Crippen LogP contribution in [0.3, 0.4) is 0 Å². The normalized spacial score (nSPS) is 15.4. The molecule has 2 unspecified atom stereocenters. The monoisotopic (exact) mass is 311 g/mol. The van der Waals surface area contributed by atoms with Gasteiger partial charge in [-0.2, -0.15) is 0 Å². The average Bonchev–Trinajstić information content (AvgIpc) is 2.46. The van der Waals surface area contributed by atoms with E-state index in [1.54, 1.807) is 0 Å². The third kappa shape index (κ3) is 4.43. The van der Waals surface area contributed by atoms with E-state index in [0.29, 0.717) is 6.42 Å². The molecule has 0 aliphatic rings. The fourth-order valence-corrected chi connectivity index (χ4v) is 3.47. The summed E-state index contributed by atoms with van der Waals surface area (Å²) in [6, 6.07) is 16.6. The van der Waals surface area contributed by atoms with Crippen LogP contribution in [0.25, 0.3) is 0 Å². The van der Waals surface area contributed by atoms with E-state index >= 15 is 0 Å². The highest BCUT2D eigenvalue weighted by molar-refractivity contribution is 5.32. The van der Waals surface area contributed by atoms with Crippen LogP contribution in [0.2, 0.25) is 0 Å². The number of rotatable bonds is 6. The van der Waals surface area contributed by atoms with Gasteiger partial charge < -0.3 is 10.0 Å². The van der Waals surface area contributed by atoms with Crippen LogP contribution in [0.5, 0.6) is 0 Å². The van der Waals surface area contributed by atoms with Gasteiger partial charge in [0.1, 0.15) is 0 Å². The number of benzene rings is 2. The second-order valence-corrected chi connectivity index (χ2v) is 7.13. The standard InChI is InChI=1S/C21H29NO/c1-16-11-17(2)13-19(12-16)14-21(23,18(3)15-22(4)5)20-9-7-6-8-10-20/h6-13,18,23H,14-15H2,1-5H3. The largest absolute Gasteiger partial charge is 0.384 e. The average molecular weight is 311 g/mol. The highest BCUT2D eigenvalue weighted by Crippen LogP contribution is 2.34. The van der Waals surface area contributed by atoms with E-state index in [1.807, 2.05) is 30.3 Å². The van der Waals surface area contributed by atoms with Crippen LogP contribution in [0, 0.1) is 19.8 Å². The summed E-state index contributed by atoms with van der Waals surface area (Å²) in [7, 11) is 4.11. The molecule has 2 aromatic rings. The first-order valence-electron chi connectivity index (χ1n) is 8.31. The molecule has 2 rings (SSSR count). The van der Waals surface area contributed by atoms with Crippen molar-refractivity contribution in [3.05, 3.63) is 70.8 Å². The minimum absolute atomic E-state index is 0.126. The predicted molar refractivity (Wildman–Crippen MR) is 97.7 cm³/mol. The summed E-state index contributed by atoms with van der Waals surface area (Å²) in [6.45, 7) is 7.20. The third-order valence-corrected chi connectivity index (χ3v) is 4.48. The Morgan fingerprint density at radius 3 is 2.09 bits per heavy atom. The van der Waals surface area contributed by atoms with Crippen LogP contribution in [0.1, 0.15) is 29.2 Å². The minimum atomic E-state index is -0.869. The first kappa shape index (κ1) is 17.7. The molecule has 0 aromatic heterocycles. The highest BCUT2D eigenvalue weighted by Gasteiger charge is 2.36. The van der Waals surface area contributed by atoms with Gasteiger partial charge in [-0.05, 0) is 39.1 Å². The number of nitrogens with zero attached hydrogens (tertiary/aromatic N) is 1. The maximum absolute atomic E-state index is 11.6. The molecule has 0 saturated carbocycles. The first-order chi connectivity index (χ1) is 10.8. The van der Waals surface area contributed by atoms with Gasteiger partial charge in [-0.25, -0.2) is 0 Å². The minimum Gasteiger partial charge on any atom is -0.384 e. The molecule has 2 atom stereocenters. The van der Waals surface area contributed by atoms with E-state index in [-0.39, 0.29) is 5.92 Å². The zero-order valence-corrected chi connectivity index (χ0v) is 15.0. The summed E-state index contributed by atoms with van der Waals surface area (Å²) >= 11 is 0. The van der Waals surface area contributed by atoms with Crippen LogP contribution < -0.4 is 0 Å². The van der Waals surface area contributed by atoms with Crippen molar-refractivity contribution in [2.45, 2.75) is 32.8 Å². The van der Waals surface area contributed by atoms with Gasteiger partial charge in [0, 0.05) is 18.9 Å². The maximum Gasteiger partial charge on any atom is 0.0974 e. The summed E-state index contributed by atoms with van der Waals surface area (Å²) in [4.78, 5) is 2.14. The lowest BCUT2D eigenvalue weighted by Gasteiger charge is -2.36. The molecule has 0 spiro atoms. The van der Waals surface area contributed by atoms with Crippen LogP contribution in [0.15, 0.2) is 48.5 Å². The van der Waals surface area contributed by atoms with Gasteiger partial charge in [0.25, 0.3) is 0 Å². The zero-order valence-electron chi connectivity index (χ0n) is 15.0. The molecule has 0 aliphatic heterocycles. The lowest BCUT2D eigenvalue weighted by molar-refractivity contribution is -0.0255. The summed E-state index contributed by atoms with van der Waals surface area (Å²) < 4.78 is 0. The van der Waals surface area contributed by atoms with Crippen molar-refractivity contribution in [2.24, 2.45) is 5.92 Å². The molecular formula is C21H29NO. The summed E-state index contributed by atoms with van der Waals surface area (Å²) in [6.07, 6.45) is 0.633. The Balaban J connectivity index is 2.41. The molecule has 0 saturated heterocycles. The highest BCUT2D eigenvalue weighted by atomic mass is 16.3. The van der Waals surface area contributed by atoms with E-state index in [1.165, 1.54) is 16.7 Å². The second kappa shape index (κ2) is 7.29. The number of hydrogen-bond donors (Lipinski definition) is 1. The lowest BCUT2D eigenvalue weighted by atomic mass is 9.77. The van der Waals surface area contributed by atoms with Crippen LogP contribution in [-0.2, 0) is 12.0 Å². The summed E-state index contributed by atoms with van der Waals surface area (Å²) in [5, 5.41) is 11.6. The molecule has 124 valence electrons. The Morgan fingerprint density at radius 1 is 1.00 bits per heavy atom. The molecule has 0 fully saturated rings. The number of aryl methyl sites for hydroxylation is 2. The first-order valence-corrected chi connectivity index (χ1v) is 8.31. The predicted octanol–water partition coefficient (Wildman–Crippen LogP) is 3.93. The number of hydrogen-bond acceptors (Lipinski definition) is 2. The van der Waals surface area contributed by atoms with E-state index < -0.39 is 5.60 Å². The Bertz CT molecular complexity index is 615. The van der Waals surface area contributed by atoms with E-state index in [2.05, 4.69) is 58.0 Å². The molecule has 2 aromatic carbocycles. The zero-order chi connectivity index (χ0) is 17.0. The van der Waals surface area contributed by atoms with Crippen molar-refractivity contribution in [3.63, 3.8) is 0 Å². The molecule has 0 radical (unpaired) electrons. The van der Waals surface area contributed by atoms with Crippen molar-refractivity contribution in [1.29, 1.82) is 0 Å². The van der Waals surface area contributed by atoms with E-state index in [9.17, 15) is 5.11 Å². The topological polar surface area (TPSA) is 23.5 Å². The fraction of sp³-hybridized carbons (Fsp3) is 0.429. The van der Waals surface area contributed by atoms with Crippen molar-refractivity contribution in [2.75, 3.05) is 20.6 Å². The van der Waals surface area contributed by atoms with Crippen molar-refractivity contribution >= 4 is 0 Å². The Kier molecular flexibility index (Phi) is 5.61. The van der Waals surface area contributed by atoms with Gasteiger partial charge in [0.05, 0.1) is 5.60 Å². The molecule has 0 heterocycles. The smallest absolute Gasteiger partial charge is 0.0974 e. The van der Waals surface area contributed by atoms with E-state index in [4.69, 9.17) is 0 Å². The molecule has 0 bridgehead atoms. The maximum atomic E-state index is 11.6. The van der Waals surface area contributed by atoms with E-state index in [0.717, 1.165) is 12.1 Å². The van der Waals surface area contributed by atoms with Crippen LogP contribution in [0.4, 0.5) is 0 Å². The Morgan fingerprint density at radius 2 is 1.57 bits per heavy atom. The van der Waals surface area contributed by atoms with Gasteiger partial charge in [-0.3, -0.25) is 0 Å². The number of aliphatic hydroxyl groups is 1. The van der Waals surface area contributed by atoms with Gasteiger partial charge >= 0.3 is 0 Å². The van der Waals surface area contributed by atoms with Crippen molar-refractivity contribution in [3.8, 4) is 0 Å². The Labute approximate surface area is 140 Å². The molecule has 0 amide bonds. The van der Waals surface area contributed by atoms with Crippen molar-refractivity contribution in [1.82, 2.24) is 4.90 Å². The summed E-state index contributed by atoms with van der Waals surface area (Å²) in [5.41, 5.74) is 3.81. The lowest BCUT2D eigenvalue weighted by Crippen LogP contribution is -2.41. The molecular weight excluding hydrogens is 282 g/mol. The molecule has 1 N–H and O–H groups in total. The summed E-state index contributed by atoms with van der Waals surface area (Å²) in [5.74, 6) is 0.126. The molecule has 2 nitrogen and oxygen atoms in total. The quantitative estimate of drug-likeness (QED) is 0.873. The molecule has 23 heavy (non-hydrogen) atoms. The van der Waals surface area contributed by atoms with Crippen LogP contribution >= 0.6 is 0 Å². The fourth-order valence-electron chi connectivity index (χ4n) is 3.47.